The normalized spacial score (nSPS) is 14.8. The first kappa shape index (κ1) is 18.1. The molecule has 3 rings (SSSR count). The van der Waals surface area contributed by atoms with Crippen LogP contribution in [0.1, 0.15) is 12.5 Å². The van der Waals surface area contributed by atoms with Crippen LogP contribution in [0, 0.1) is 0 Å². The van der Waals surface area contributed by atoms with Crippen LogP contribution in [0.4, 0.5) is 29.5 Å². The monoisotopic (exact) mass is 367 g/mol. The van der Waals surface area contributed by atoms with Crippen molar-refractivity contribution in [3.63, 3.8) is 0 Å². The van der Waals surface area contributed by atoms with Crippen LogP contribution in [-0.4, -0.2) is 41.1 Å². The summed E-state index contributed by atoms with van der Waals surface area (Å²) in [6, 6.07) is 9.07. The van der Waals surface area contributed by atoms with Gasteiger partial charge in [-0.25, -0.2) is 4.79 Å². The lowest BCUT2D eigenvalue weighted by atomic mass is 10.2. The van der Waals surface area contributed by atoms with Gasteiger partial charge < -0.3 is 10.2 Å². The number of halogens is 3. The predicted molar refractivity (Wildman–Crippen MR) is 92.3 cm³/mol. The molecule has 1 atom stereocenters. The number of nitrogens with zero attached hydrogens (tertiary/aromatic N) is 3. The molecule has 26 heavy (non-hydrogen) atoms. The van der Waals surface area contributed by atoms with Crippen molar-refractivity contribution in [3.8, 4) is 0 Å². The Kier molecular flexibility index (Phi) is 5.06. The molecule has 2 amide bonds. The van der Waals surface area contributed by atoms with E-state index < -0.39 is 18.8 Å². The van der Waals surface area contributed by atoms with Gasteiger partial charge in [0, 0.05) is 37.1 Å². The summed E-state index contributed by atoms with van der Waals surface area (Å²) in [5.41, 5.74) is 2.46. The predicted octanol–water partition coefficient (Wildman–Crippen LogP) is 3.02. The third-order valence-corrected chi connectivity index (χ3v) is 4.24. The van der Waals surface area contributed by atoms with Crippen molar-refractivity contribution in [2.45, 2.75) is 32.1 Å². The van der Waals surface area contributed by atoms with Crippen LogP contribution in [-0.2, 0) is 13.0 Å². The maximum Gasteiger partial charge on any atom is 0.408 e. The fraction of sp³-hybridized carbons (Fsp3) is 0.412. The average Bonchev–Trinajstić information content (AvgIpc) is 3.18. The number of hydrogen-bond acceptors (Lipinski definition) is 3. The molecule has 0 aliphatic carbocycles. The van der Waals surface area contributed by atoms with Gasteiger partial charge in [0.1, 0.15) is 6.54 Å². The molecule has 2 aromatic rings. The number of carbonyl (C=O) groups excluding carboxylic acids is 1. The highest BCUT2D eigenvalue weighted by atomic mass is 19.4. The van der Waals surface area contributed by atoms with Crippen LogP contribution in [0.15, 0.2) is 36.5 Å². The number of urea groups is 1. The van der Waals surface area contributed by atoms with Crippen LogP contribution < -0.4 is 15.5 Å². The topological polar surface area (TPSA) is 62.2 Å². The summed E-state index contributed by atoms with van der Waals surface area (Å²) >= 11 is 0. The maximum atomic E-state index is 12.3. The Morgan fingerprint density at radius 2 is 2.08 bits per heavy atom. The van der Waals surface area contributed by atoms with Crippen molar-refractivity contribution in [2.75, 3.05) is 23.3 Å². The Morgan fingerprint density at radius 1 is 1.31 bits per heavy atom. The fourth-order valence-corrected chi connectivity index (χ4v) is 3.03. The van der Waals surface area contributed by atoms with Crippen molar-refractivity contribution in [1.29, 1.82) is 0 Å². The Labute approximate surface area is 149 Å². The zero-order chi connectivity index (χ0) is 18.7. The SMILES string of the molecule is CC(CNC(=O)Nc1ccn(CC(F)(F)F)n1)N1CCc2ccccc21. The number of hydrogen-bond donors (Lipinski definition) is 2. The van der Waals surface area contributed by atoms with Gasteiger partial charge in [0.15, 0.2) is 5.82 Å². The quantitative estimate of drug-likeness (QED) is 0.854. The van der Waals surface area contributed by atoms with Gasteiger partial charge in [-0.3, -0.25) is 10.00 Å². The van der Waals surface area contributed by atoms with Crippen molar-refractivity contribution >= 4 is 17.5 Å². The van der Waals surface area contributed by atoms with E-state index in [9.17, 15) is 18.0 Å². The highest BCUT2D eigenvalue weighted by Crippen LogP contribution is 2.28. The fourth-order valence-electron chi connectivity index (χ4n) is 3.03. The minimum atomic E-state index is -4.35. The summed E-state index contributed by atoms with van der Waals surface area (Å²) in [6.07, 6.45) is -2.21. The second-order valence-corrected chi connectivity index (χ2v) is 6.27. The summed E-state index contributed by atoms with van der Waals surface area (Å²) in [6.45, 7) is 2.12. The molecular formula is C17H20F3N5O. The summed E-state index contributed by atoms with van der Waals surface area (Å²) in [5.74, 6) is 0.0749. The van der Waals surface area contributed by atoms with Crippen molar-refractivity contribution < 1.29 is 18.0 Å². The Morgan fingerprint density at radius 3 is 2.85 bits per heavy atom. The van der Waals surface area contributed by atoms with Crippen molar-refractivity contribution in [1.82, 2.24) is 15.1 Å². The molecule has 0 fully saturated rings. The molecule has 1 aromatic carbocycles. The van der Waals surface area contributed by atoms with Crippen molar-refractivity contribution in [2.24, 2.45) is 0 Å². The molecule has 0 radical (unpaired) electrons. The van der Waals surface area contributed by atoms with E-state index in [2.05, 4.69) is 32.8 Å². The average molecular weight is 367 g/mol. The number of benzene rings is 1. The lowest BCUT2D eigenvalue weighted by molar-refractivity contribution is -0.142. The highest BCUT2D eigenvalue weighted by molar-refractivity contribution is 5.88. The molecule has 1 aromatic heterocycles. The highest BCUT2D eigenvalue weighted by Gasteiger charge is 2.28. The molecule has 0 spiro atoms. The summed E-state index contributed by atoms with van der Waals surface area (Å²) in [7, 11) is 0. The zero-order valence-electron chi connectivity index (χ0n) is 14.3. The van der Waals surface area contributed by atoms with E-state index in [0.29, 0.717) is 6.54 Å². The molecule has 2 heterocycles. The summed E-state index contributed by atoms with van der Waals surface area (Å²) < 4.78 is 37.7. The molecule has 0 saturated heterocycles. The van der Waals surface area contributed by atoms with E-state index in [4.69, 9.17) is 0 Å². The second kappa shape index (κ2) is 7.27. The first-order chi connectivity index (χ1) is 12.3. The molecule has 0 bridgehead atoms. The Hall–Kier alpha value is -2.71. The van der Waals surface area contributed by atoms with E-state index in [1.807, 2.05) is 19.1 Å². The zero-order valence-corrected chi connectivity index (χ0v) is 14.3. The molecule has 1 unspecified atom stereocenters. The molecular weight excluding hydrogens is 347 g/mol. The first-order valence-electron chi connectivity index (χ1n) is 8.31. The van der Waals surface area contributed by atoms with Crippen LogP contribution in [0.25, 0.3) is 0 Å². The van der Waals surface area contributed by atoms with Gasteiger partial charge >= 0.3 is 12.2 Å². The number of nitrogens with one attached hydrogen (secondary N) is 2. The minimum Gasteiger partial charge on any atom is -0.366 e. The largest absolute Gasteiger partial charge is 0.408 e. The van der Waals surface area contributed by atoms with Crippen molar-refractivity contribution in [3.05, 3.63) is 42.1 Å². The van der Waals surface area contributed by atoms with Crippen LogP contribution in [0.3, 0.4) is 0 Å². The van der Waals surface area contributed by atoms with E-state index in [0.717, 1.165) is 17.6 Å². The number of alkyl halides is 3. The second-order valence-electron chi connectivity index (χ2n) is 6.27. The van der Waals surface area contributed by atoms with Crippen LogP contribution >= 0.6 is 0 Å². The van der Waals surface area contributed by atoms with Gasteiger partial charge in [-0.1, -0.05) is 18.2 Å². The number of carbonyl (C=O) groups is 1. The lowest BCUT2D eigenvalue weighted by Crippen LogP contribution is -2.42. The van der Waals surface area contributed by atoms with Gasteiger partial charge in [-0.15, -0.1) is 0 Å². The van der Waals surface area contributed by atoms with Crippen LogP contribution in [0.2, 0.25) is 0 Å². The summed E-state index contributed by atoms with van der Waals surface area (Å²) in [5, 5.41) is 8.86. The van der Waals surface area contributed by atoms with Gasteiger partial charge in [-0.05, 0) is 25.0 Å². The number of aromatic nitrogens is 2. The smallest absolute Gasteiger partial charge is 0.366 e. The molecule has 1 aliphatic rings. The maximum absolute atomic E-state index is 12.3. The molecule has 2 N–H and O–H groups in total. The third kappa shape index (κ3) is 4.47. The number of amides is 2. The molecule has 9 heteroatoms. The van der Waals surface area contributed by atoms with E-state index >= 15 is 0 Å². The van der Waals surface area contributed by atoms with E-state index in [1.54, 1.807) is 0 Å². The lowest BCUT2D eigenvalue weighted by Gasteiger charge is -2.27. The van der Waals surface area contributed by atoms with Crippen LogP contribution in [0.5, 0.6) is 0 Å². The number of fused-ring (bicyclic) bond motifs is 1. The number of anilines is 2. The number of rotatable bonds is 5. The summed E-state index contributed by atoms with van der Waals surface area (Å²) in [4.78, 5) is 14.2. The molecule has 0 saturated carbocycles. The van der Waals surface area contributed by atoms with E-state index in [1.165, 1.54) is 23.5 Å². The van der Waals surface area contributed by atoms with Gasteiger partial charge in [0.25, 0.3) is 0 Å². The standard InChI is InChI=1S/C17H20F3N5O/c1-12(25-9-6-13-4-2-3-5-14(13)25)10-21-16(26)22-15-7-8-24(23-15)11-17(18,19)20/h2-5,7-8,12H,6,9-11H2,1H3,(H2,21,22,23,26). The Balaban J connectivity index is 1.49. The Bertz CT molecular complexity index is 774. The van der Waals surface area contributed by atoms with Gasteiger partial charge in [0.05, 0.1) is 0 Å². The van der Waals surface area contributed by atoms with E-state index in [-0.39, 0.29) is 11.9 Å². The number of para-hydroxylation sites is 1. The molecule has 1 aliphatic heterocycles. The third-order valence-electron chi connectivity index (χ3n) is 4.24. The molecule has 6 nitrogen and oxygen atoms in total. The molecule has 140 valence electrons. The first-order valence-corrected chi connectivity index (χ1v) is 8.31. The van der Waals surface area contributed by atoms with Gasteiger partial charge in [-0.2, -0.15) is 18.3 Å². The minimum absolute atomic E-state index is 0.0749. The van der Waals surface area contributed by atoms with Gasteiger partial charge in [0.2, 0.25) is 0 Å².